The third-order valence-electron chi connectivity index (χ3n) is 9.71. The SMILES string of the molecule is COc1ccc(CN(c2ccncn2)S(=O)(=O)c2c(F)cc(N3CCC[C@@](C)(N(C)C)C3)cc2F)c(OC)c1.FC(F)(F)c1ccc2c(c1)CCC2. The predicted octanol–water partition coefficient (Wildman–Crippen LogP) is 7.28. The lowest BCUT2D eigenvalue weighted by Crippen LogP contribution is -2.54. The summed E-state index contributed by atoms with van der Waals surface area (Å²) < 4.78 is 107. The summed E-state index contributed by atoms with van der Waals surface area (Å²) in [6.45, 7) is 2.95. The smallest absolute Gasteiger partial charge is 0.416 e. The molecule has 1 aliphatic heterocycles. The van der Waals surface area contributed by atoms with Gasteiger partial charge in [0.05, 0.1) is 26.3 Å². The van der Waals surface area contributed by atoms with Gasteiger partial charge < -0.3 is 19.3 Å². The maximum Gasteiger partial charge on any atom is 0.416 e. The maximum absolute atomic E-state index is 15.6. The summed E-state index contributed by atoms with van der Waals surface area (Å²) in [6, 6.07) is 12.4. The van der Waals surface area contributed by atoms with Crippen molar-refractivity contribution in [3.63, 3.8) is 0 Å². The summed E-state index contributed by atoms with van der Waals surface area (Å²) in [6.07, 6.45) is 2.79. The highest BCUT2D eigenvalue weighted by Crippen LogP contribution is 2.36. The van der Waals surface area contributed by atoms with E-state index < -0.39 is 38.3 Å². The van der Waals surface area contributed by atoms with Crippen molar-refractivity contribution in [2.75, 3.05) is 50.6 Å². The van der Waals surface area contributed by atoms with Crippen LogP contribution < -0.4 is 18.7 Å². The van der Waals surface area contributed by atoms with E-state index in [1.807, 2.05) is 19.0 Å². The van der Waals surface area contributed by atoms with Crippen LogP contribution in [0.1, 0.15) is 48.4 Å². The number of hydrogen-bond donors (Lipinski definition) is 0. The lowest BCUT2D eigenvalue weighted by atomic mass is 9.89. The topological polar surface area (TPSA) is 88.1 Å². The van der Waals surface area contributed by atoms with E-state index in [9.17, 15) is 21.6 Å². The third-order valence-corrected chi connectivity index (χ3v) is 11.5. The van der Waals surface area contributed by atoms with Crippen LogP contribution in [0.25, 0.3) is 0 Å². The van der Waals surface area contributed by atoms with Crippen LogP contribution >= 0.6 is 0 Å². The molecular formula is C37H42F5N5O4S. The van der Waals surface area contributed by atoms with Gasteiger partial charge in [0.25, 0.3) is 10.0 Å². The highest BCUT2D eigenvalue weighted by molar-refractivity contribution is 7.92. The second kappa shape index (κ2) is 15.6. The van der Waals surface area contributed by atoms with E-state index in [0.717, 1.165) is 66.0 Å². The summed E-state index contributed by atoms with van der Waals surface area (Å²) in [5, 5.41) is 0. The fourth-order valence-electron chi connectivity index (χ4n) is 6.50. The van der Waals surface area contributed by atoms with E-state index in [0.29, 0.717) is 35.8 Å². The van der Waals surface area contributed by atoms with Gasteiger partial charge in [-0.15, -0.1) is 0 Å². The van der Waals surface area contributed by atoms with Crippen LogP contribution in [0.2, 0.25) is 0 Å². The molecule has 3 aromatic carbocycles. The van der Waals surface area contributed by atoms with Crippen LogP contribution in [-0.4, -0.2) is 70.2 Å². The van der Waals surface area contributed by atoms with Crippen LogP contribution in [0.15, 0.2) is 72.0 Å². The van der Waals surface area contributed by atoms with Crippen LogP contribution in [-0.2, 0) is 35.6 Å². The summed E-state index contributed by atoms with van der Waals surface area (Å²) in [5.74, 6) is -1.56. The highest BCUT2D eigenvalue weighted by Gasteiger charge is 2.37. The van der Waals surface area contributed by atoms with Gasteiger partial charge in [0.15, 0.2) is 4.90 Å². The molecule has 1 fully saturated rings. The molecule has 280 valence electrons. The number of alkyl halides is 3. The molecule has 0 saturated carbocycles. The van der Waals surface area contributed by atoms with Crippen molar-refractivity contribution in [1.29, 1.82) is 0 Å². The number of likely N-dealkylation sites (N-methyl/N-ethyl adjacent to an activating group) is 1. The molecule has 52 heavy (non-hydrogen) atoms. The molecule has 9 nitrogen and oxygen atoms in total. The first kappa shape index (κ1) is 38.7. The number of sulfonamides is 1. The van der Waals surface area contributed by atoms with Gasteiger partial charge in [-0.1, -0.05) is 6.07 Å². The van der Waals surface area contributed by atoms with Crippen molar-refractivity contribution in [1.82, 2.24) is 14.9 Å². The first-order chi connectivity index (χ1) is 24.6. The number of aromatic nitrogens is 2. The molecule has 1 aromatic heterocycles. The average Bonchev–Trinajstić information content (AvgIpc) is 3.59. The van der Waals surface area contributed by atoms with Gasteiger partial charge in [0.2, 0.25) is 0 Å². The zero-order valence-electron chi connectivity index (χ0n) is 29.7. The minimum Gasteiger partial charge on any atom is -0.497 e. The number of hydrogen-bond acceptors (Lipinski definition) is 8. The average molecular weight is 748 g/mol. The summed E-state index contributed by atoms with van der Waals surface area (Å²) in [7, 11) is 2.11. The molecule has 1 atom stereocenters. The Bertz CT molecular complexity index is 1960. The van der Waals surface area contributed by atoms with Crippen molar-refractivity contribution in [2.24, 2.45) is 0 Å². The molecule has 0 bridgehead atoms. The van der Waals surface area contributed by atoms with Crippen LogP contribution in [0.3, 0.4) is 0 Å². The number of piperidine rings is 1. The Kier molecular flexibility index (Phi) is 11.6. The summed E-state index contributed by atoms with van der Waals surface area (Å²) >= 11 is 0. The number of nitrogens with zero attached hydrogens (tertiary/aromatic N) is 5. The molecular weight excluding hydrogens is 705 g/mol. The minimum atomic E-state index is -4.76. The first-order valence-electron chi connectivity index (χ1n) is 16.7. The number of aryl methyl sites for hydroxylation is 2. The van der Waals surface area contributed by atoms with Gasteiger partial charge in [-0.25, -0.2) is 31.5 Å². The van der Waals surface area contributed by atoms with Gasteiger partial charge in [-0.3, -0.25) is 0 Å². The molecule has 0 spiro atoms. The minimum absolute atomic E-state index is 0.0523. The van der Waals surface area contributed by atoms with E-state index in [1.165, 1.54) is 38.6 Å². The van der Waals surface area contributed by atoms with Crippen LogP contribution in [0.4, 0.5) is 33.5 Å². The molecule has 2 heterocycles. The van der Waals surface area contributed by atoms with Crippen LogP contribution in [0, 0.1) is 11.6 Å². The van der Waals surface area contributed by atoms with Gasteiger partial charge in [-0.2, -0.15) is 13.2 Å². The fourth-order valence-corrected chi connectivity index (χ4v) is 7.99. The number of anilines is 2. The number of ether oxygens (including phenoxy) is 2. The Morgan fingerprint density at radius 2 is 1.63 bits per heavy atom. The Balaban J connectivity index is 0.000000335. The van der Waals surface area contributed by atoms with E-state index in [-0.39, 0.29) is 17.9 Å². The zero-order chi connectivity index (χ0) is 37.8. The van der Waals surface area contributed by atoms with Gasteiger partial charge in [-0.05, 0) is 101 Å². The van der Waals surface area contributed by atoms with E-state index in [4.69, 9.17) is 9.47 Å². The van der Waals surface area contributed by atoms with E-state index in [1.54, 1.807) is 24.3 Å². The third kappa shape index (κ3) is 8.41. The Morgan fingerprint density at radius 3 is 2.25 bits per heavy atom. The van der Waals surface area contributed by atoms with Crippen molar-refractivity contribution in [2.45, 2.75) is 62.2 Å². The number of methoxy groups -OCH3 is 2. The van der Waals surface area contributed by atoms with E-state index >= 15 is 8.78 Å². The highest BCUT2D eigenvalue weighted by atomic mass is 32.2. The maximum atomic E-state index is 15.6. The van der Waals surface area contributed by atoms with Gasteiger partial charge in [0.1, 0.15) is 35.3 Å². The Morgan fingerprint density at radius 1 is 0.923 bits per heavy atom. The molecule has 4 aromatic rings. The molecule has 2 aliphatic rings. The second-order valence-electron chi connectivity index (χ2n) is 13.2. The number of fused-ring (bicyclic) bond motifs is 1. The lowest BCUT2D eigenvalue weighted by molar-refractivity contribution is -0.137. The fraction of sp³-hybridized carbons (Fsp3) is 0.405. The zero-order valence-corrected chi connectivity index (χ0v) is 30.5. The molecule has 0 amide bonds. The lowest BCUT2D eigenvalue weighted by Gasteiger charge is -2.45. The molecule has 0 radical (unpaired) electrons. The Labute approximate surface area is 301 Å². The van der Waals surface area contributed by atoms with Crippen LogP contribution in [0.5, 0.6) is 11.5 Å². The molecule has 1 saturated heterocycles. The Hall–Kier alpha value is -4.50. The van der Waals surface area contributed by atoms with Gasteiger partial charge in [0, 0.05) is 48.2 Å². The quantitative estimate of drug-likeness (QED) is 0.165. The molecule has 0 N–H and O–H groups in total. The molecule has 1 aliphatic carbocycles. The number of halogens is 5. The number of benzene rings is 3. The van der Waals surface area contributed by atoms with Crippen molar-refractivity contribution in [3.05, 3.63) is 101 Å². The normalized spacial score (nSPS) is 17.3. The van der Waals surface area contributed by atoms with Crippen molar-refractivity contribution < 1.29 is 39.8 Å². The first-order valence-corrected chi connectivity index (χ1v) is 18.1. The molecule has 15 heteroatoms. The summed E-state index contributed by atoms with van der Waals surface area (Å²) in [4.78, 5) is 10.8. The molecule has 0 unspecified atom stereocenters. The summed E-state index contributed by atoms with van der Waals surface area (Å²) in [5.41, 5.74) is 1.98. The second-order valence-corrected chi connectivity index (χ2v) is 15.0. The van der Waals surface area contributed by atoms with Gasteiger partial charge >= 0.3 is 6.18 Å². The standard InChI is InChI=1S/C27H33F2N5O4S.C10H9F3/c1-27(32(2)3)10-6-12-33(17-27)20-13-22(28)26(23(29)14-20)39(35,36)34(25-9-11-30-18-31-25)16-19-7-8-21(37-4)15-24(19)38-5;11-10(12,13)9-5-4-7-2-1-3-8(7)6-9/h7-9,11,13-15,18H,6,10,12,16-17H2,1-5H3;4-6H,1-3H2/t27-;/m1./s1. The molecule has 6 rings (SSSR count). The predicted molar refractivity (Wildman–Crippen MR) is 188 cm³/mol. The van der Waals surface area contributed by atoms with Crippen molar-refractivity contribution >= 4 is 21.5 Å². The largest absolute Gasteiger partial charge is 0.497 e. The monoisotopic (exact) mass is 747 g/mol. The number of rotatable bonds is 9. The van der Waals surface area contributed by atoms with E-state index in [2.05, 4.69) is 21.8 Å². The van der Waals surface area contributed by atoms with Crippen molar-refractivity contribution in [3.8, 4) is 11.5 Å².